The van der Waals surface area contributed by atoms with Crippen LogP contribution in [0.1, 0.15) is 6.92 Å². The fourth-order valence-electron chi connectivity index (χ4n) is 1.30. The number of anilines is 2. The van der Waals surface area contributed by atoms with E-state index in [-0.39, 0.29) is 0 Å². The van der Waals surface area contributed by atoms with Gasteiger partial charge in [0.05, 0.1) is 11.9 Å². The Bertz CT molecular complexity index is 272. The van der Waals surface area contributed by atoms with Crippen LogP contribution in [-0.4, -0.2) is 18.2 Å². The van der Waals surface area contributed by atoms with Crippen molar-refractivity contribution in [3.05, 3.63) is 18.3 Å². The Balaban J connectivity index is 2.47. The van der Waals surface area contributed by atoms with Crippen LogP contribution in [0.5, 0.6) is 0 Å². The van der Waals surface area contributed by atoms with Crippen LogP contribution >= 0.6 is 0 Å². The molecule has 3 heteroatoms. The maximum atomic E-state index is 4.25. The van der Waals surface area contributed by atoms with Crippen LogP contribution in [0.3, 0.4) is 0 Å². The van der Waals surface area contributed by atoms with Crippen LogP contribution in [0.15, 0.2) is 18.3 Å². The molecule has 2 rings (SSSR count). The summed E-state index contributed by atoms with van der Waals surface area (Å²) in [6.07, 6.45) is 2.18. The fraction of sp³-hybridized carbons (Fsp3) is 0.375. The number of aromatic nitrogens is 1. The lowest BCUT2D eigenvalue weighted by atomic mass is 10.4. The Morgan fingerprint density at radius 1 is 1.64 bits per heavy atom. The molecule has 1 atom stereocenters. The summed E-state index contributed by atoms with van der Waals surface area (Å²) in [4.78, 5) is 6.37. The summed E-state index contributed by atoms with van der Waals surface area (Å²) in [6.45, 7) is 2.11. The van der Waals surface area contributed by atoms with E-state index in [1.165, 1.54) is 0 Å². The highest BCUT2D eigenvalue weighted by Gasteiger charge is 2.21. The number of hydrogen-bond donors (Lipinski definition) is 1. The van der Waals surface area contributed by atoms with Gasteiger partial charge in [-0.25, -0.2) is 4.98 Å². The zero-order chi connectivity index (χ0) is 7.84. The molecule has 0 aliphatic carbocycles. The minimum atomic E-state index is 0.361. The van der Waals surface area contributed by atoms with Gasteiger partial charge in [0.1, 0.15) is 0 Å². The summed E-state index contributed by atoms with van der Waals surface area (Å²) >= 11 is 0. The summed E-state index contributed by atoms with van der Waals surface area (Å²) in [7, 11) is 2.04. The molecule has 1 N–H and O–H groups in total. The van der Waals surface area contributed by atoms with Crippen LogP contribution < -0.4 is 10.2 Å². The van der Waals surface area contributed by atoms with E-state index >= 15 is 0 Å². The zero-order valence-corrected chi connectivity index (χ0v) is 6.70. The van der Waals surface area contributed by atoms with Gasteiger partial charge in [-0.05, 0) is 19.1 Å². The van der Waals surface area contributed by atoms with E-state index in [0.29, 0.717) is 6.17 Å². The predicted molar refractivity (Wildman–Crippen MR) is 45.7 cm³/mol. The molecule has 2 heterocycles. The average Bonchev–Trinajstić information content (AvgIpc) is 2.30. The summed E-state index contributed by atoms with van der Waals surface area (Å²) < 4.78 is 0. The number of nitrogens with one attached hydrogen (secondary N) is 1. The van der Waals surface area contributed by atoms with Gasteiger partial charge in [0.25, 0.3) is 0 Å². The highest BCUT2D eigenvalue weighted by molar-refractivity contribution is 5.71. The van der Waals surface area contributed by atoms with E-state index < -0.39 is 0 Å². The molecule has 58 valence electrons. The van der Waals surface area contributed by atoms with Gasteiger partial charge in [-0.3, -0.25) is 0 Å². The number of nitrogens with zero attached hydrogens (tertiary/aromatic N) is 2. The molecule has 0 saturated carbocycles. The van der Waals surface area contributed by atoms with E-state index in [1.54, 1.807) is 0 Å². The molecule has 0 spiro atoms. The Morgan fingerprint density at radius 2 is 2.45 bits per heavy atom. The molecule has 0 saturated heterocycles. The molecular weight excluding hydrogens is 138 g/mol. The second kappa shape index (κ2) is 2.12. The number of fused-ring (bicyclic) bond motifs is 1. The van der Waals surface area contributed by atoms with Crippen molar-refractivity contribution in [1.29, 1.82) is 0 Å². The second-order valence-corrected chi connectivity index (χ2v) is 2.81. The Hall–Kier alpha value is -1.25. The smallest absolute Gasteiger partial charge is 0.153 e. The van der Waals surface area contributed by atoms with Crippen LogP contribution in [0, 0.1) is 0 Å². The molecule has 1 aromatic heterocycles. The van der Waals surface area contributed by atoms with Crippen LogP contribution in [0.25, 0.3) is 0 Å². The third kappa shape index (κ3) is 0.843. The van der Waals surface area contributed by atoms with Crippen LogP contribution in [0.2, 0.25) is 0 Å². The van der Waals surface area contributed by atoms with Crippen molar-refractivity contribution in [2.45, 2.75) is 13.1 Å². The van der Waals surface area contributed by atoms with Crippen molar-refractivity contribution in [2.24, 2.45) is 0 Å². The third-order valence-corrected chi connectivity index (χ3v) is 2.07. The molecule has 1 aromatic rings. The van der Waals surface area contributed by atoms with E-state index in [4.69, 9.17) is 0 Å². The monoisotopic (exact) mass is 149 g/mol. The van der Waals surface area contributed by atoms with Gasteiger partial charge >= 0.3 is 0 Å². The SMILES string of the molecule is CC1Nc2cccnc2N1C. The summed E-state index contributed by atoms with van der Waals surface area (Å²) in [6, 6.07) is 3.99. The van der Waals surface area contributed by atoms with Crippen LogP contribution in [0.4, 0.5) is 11.5 Å². The normalized spacial score (nSPS) is 21.3. The highest BCUT2D eigenvalue weighted by atomic mass is 15.3. The zero-order valence-electron chi connectivity index (χ0n) is 6.70. The lowest BCUT2D eigenvalue weighted by Gasteiger charge is -2.15. The van der Waals surface area contributed by atoms with E-state index in [1.807, 2.05) is 25.4 Å². The summed E-state index contributed by atoms with van der Waals surface area (Å²) in [5.41, 5.74) is 1.13. The molecule has 3 nitrogen and oxygen atoms in total. The standard InChI is InChI=1S/C8H11N3/c1-6-10-7-4-3-5-9-8(7)11(6)2/h3-6,10H,1-2H3. The second-order valence-electron chi connectivity index (χ2n) is 2.81. The number of pyridine rings is 1. The van der Waals surface area contributed by atoms with Crippen molar-refractivity contribution in [1.82, 2.24) is 4.98 Å². The molecule has 0 amide bonds. The lowest BCUT2D eigenvalue weighted by molar-refractivity contribution is 0.798. The Morgan fingerprint density at radius 3 is 3.18 bits per heavy atom. The maximum Gasteiger partial charge on any atom is 0.153 e. The molecule has 0 radical (unpaired) electrons. The topological polar surface area (TPSA) is 28.2 Å². The largest absolute Gasteiger partial charge is 0.362 e. The number of hydrogen-bond acceptors (Lipinski definition) is 3. The number of rotatable bonds is 0. The first kappa shape index (κ1) is 6.46. The molecule has 1 unspecified atom stereocenters. The maximum absolute atomic E-state index is 4.25. The Kier molecular flexibility index (Phi) is 1.24. The first-order chi connectivity index (χ1) is 5.29. The highest BCUT2D eigenvalue weighted by Crippen LogP contribution is 2.29. The summed E-state index contributed by atoms with van der Waals surface area (Å²) in [5.74, 6) is 1.04. The van der Waals surface area contributed by atoms with Gasteiger partial charge in [0, 0.05) is 13.2 Å². The molecule has 11 heavy (non-hydrogen) atoms. The quantitative estimate of drug-likeness (QED) is 0.602. The summed E-state index contributed by atoms with van der Waals surface area (Å²) in [5, 5.41) is 3.31. The Labute approximate surface area is 66.0 Å². The first-order valence-corrected chi connectivity index (χ1v) is 3.73. The van der Waals surface area contributed by atoms with Crippen molar-refractivity contribution in [3.8, 4) is 0 Å². The van der Waals surface area contributed by atoms with Crippen molar-refractivity contribution >= 4 is 11.5 Å². The van der Waals surface area contributed by atoms with E-state index in [2.05, 4.69) is 22.1 Å². The molecular formula is C8H11N3. The molecule has 1 aliphatic heterocycles. The van der Waals surface area contributed by atoms with Gasteiger partial charge in [-0.1, -0.05) is 0 Å². The van der Waals surface area contributed by atoms with Gasteiger partial charge in [-0.2, -0.15) is 0 Å². The lowest BCUT2D eigenvalue weighted by Crippen LogP contribution is -2.28. The fourth-order valence-corrected chi connectivity index (χ4v) is 1.30. The van der Waals surface area contributed by atoms with Crippen molar-refractivity contribution < 1.29 is 0 Å². The van der Waals surface area contributed by atoms with Gasteiger partial charge in [0.15, 0.2) is 5.82 Å². The van der Waals surface area contributed by atoms with Gasteiger partial charge in [0.2, 0.25) is 0 Å². The van der Waals surface area contributed by atoms with Crippen molar-refractivity contribution in [3.63, 3.8) is 0 Å². The van der Waals surface area contributed by atoms with Crippen LogP contribution in [-0.2, 0) is 0 Å². The van der Waals surface area contributed by atoms with Gasteiger partial charge in [-0.15, -0.1) is 0 Å². The molecule has 0 fully saturated rings. The van der Waals surface area contributed by atoms with Crippen molar-refractivity contribution in [2.75, 3.05) is 17.3 Å². The van der Waals surface area contributed by atoms with E-state index in [0.717, 1.165) is 11.5 Å². The molecule has 1 aliphatic rings. The molecule has 0 aromatic carbocycles. The third-order valence-electron chi connectivity index (χ3n) is 2.07. The average molecular weight is 149 g/mol. The van der Waals surface area contributed by atoms with Gasteiger partial charge < -0.3 is 10.2 Å². The minimum Gasteiger partial charge on any atom is -0.362 e. The first-order valence-electron chi connectivity index (χ1n) is 3.73. The molecule has 0 bridgehead atoms. The predicted octanol–water partition coefficient (Wildman–Crippen LogP) is 1.29. The van der Waals surface area contributed by atoms with E-state index in [9.17, 15) is 0 Å². The minimum absolute atomic E-state index is 0.361.